The van der Waals surface area contributed by atoms with Gasteiger partial charge in [-0.1, -0.05) is 6.07 Å². The SMILES string of the molecule is CCOc1ccnc(-c2cc(F)ccc2C)n1. The van der Waals surface area contributed by atoms with Gasteiger partial charge in [0.1, 0.15) is 5.82 Å². The van der Waals surface area contributed by atoms with Crippen LogP contribution in [0.25, 0.3) is 11.4 Å². The van der Waals surface area contributed by atoms with E-state index in [0.29, 0.717) is 23.9 Å². The van der Waals surface area contributed by atoms with Crippen molar-refractivity contribution in [3.05, 3.63) is 41.8 Å². The minimum absolute atomic E-state index is 0.295. The standard InChI is InChI=1S/C13H13FN2O/c1-3-17-12-6-7-15-13(16-12)11-8-10(14)5-4-9(11)2/h4-8H,3H2,1-2H3. The molecular formula is C13H13FN2O. The van der Waals surface area contributed by atoms with E-state index in [1.807, 2.05) is 13.8 Å². The quantitative estimate of drug-likeness (QED) is 0.816. The number of rotatable bonds is 3. The van der Waals surface area contributed by atoms with Crippen molar-refractivity contribution in [3.8, 4) is 17.3 Å². The molecule has 0 aliphatic carbocycles. The molecule has 3 nitrogen and oxygen atoms in total. The first-order valence-corrected chi connectivity index (χ1v) is 5.43. The van der Waals surface area contributed by atoms with E-state index in [4.69, 9.17) is 4.74 Å². The monoisotopic (exact) mass is 232 g/mol. The predicted molar refractivity (Wildman–Crippen MR) is 63.3 cm³/mol. The summed E-state index contributed by atoms with van der Waals surface area (Å²) in [5, 5.41) is 0. The van der Waals surface area contributed by atoms with Crippen molar-refractivity contribution < 1.29 is 9.13 Å². The fraction of sp³-hybridized carbons (Fsp3) is 0.231. The molecule has 1 aromatic heterocycles. The second kappa shape index (κ2) is 4.91. The van der Waals surface area contributed by atoms with Crippen molar-refractivity contribution >= 4 is 0 Å². The van der Waals surface area contributed by atoms with Crippen molar-refractivity contribution in [2.45, 2.75) is 13.8 Å². The maximum Gasteiger partial charge on any atom is 0.216 e. The lowest BCUT2D eigenvalue weighted by atomic mass is 10.1. The van der Waals surface area contributed by atoms with Crippen molar-refractivity contribution in [2.75, 3.05) is 6.61 Å². The maximum atomic E-state index is 13.2. The molecule has 2 aromatic rings. The fourth-order valence-electron chi connectivity index (χ4n) is 1.54. The Labute approximate surface area is 99.3 Å². The summed E-state index contributed by atoms with van der Waals surface area (Å²) in [7, 11) is 0. The van der Waals surface area contributed by atoms with E-state index in [1.54, 1.807) is 18.3 Å². The number of nitrogens with zero attached hydrogens (tertiary/aromatic N) is 2. The second-order valence-corrected chi connectivity index (χ2v) is 3.61. The van der Waals surface area contributed by atoms with Gasteiger partial charge in [-0.3, -0.25) is 0 Å². The summed E-state index contributed by atoms with van der Waals surface area (Å²) >= 11 is 0. The molecule has 2 rings (SSSR count). The highest BCUT2D eigenvalue weighted by Gasteiger charge is 2.07. The molecule has 88 valence electrons. The first-order chi connectivity index (χ1) is 8.20. The third-order valence-corrected chi connectivity index (χ3v) is 2.36. The van der Waals surface area contributed by atoms with Crippen molar-refractivity contribution in [2.24, 2.45) is 0 Å². The molecule has 0 amide bonds. The zero-order valence-corrected chi connectivity index (χ0v) is 9.77. The number of hydrogen-bond acceptors (Lipinski definition) is 3. The maximum absolute atomic E-state index is 13.2. The number of ether oxygens (including phenoxy) is 1. The van der Waals surface area contributed by atoms with Crippen LogP contribution in [0.1, 0.15) is 12.5 Å². The van der Waals surface area contributed by atoms with Crippen LogP contribution >= 0.6 is 0 Å². The highest BCUT2D eigenvalue weighted by atomic mass is 19.1. The van der Waals surface area contributed by atoms with E-state index in [0.717, 1.165) is 5.56 Å². The molecule has 0 bridgehead atoms. The number of halogens is 1. The third-order valence-electron chi connectivity index (χ3n) is 2.36. The molecule has 1 aromatic carbocycles. The summed E-state index contributed by atoms with van der Waals surface area (Å²) in [5.41, 5.74) is 1.62. The molecule has 0 fully saturated rings. The van der Waals surface area contributed by atoms with E-state index < -0.39 is 0 Å². The minimum atomic E-state index is -0.295. The van der Waals surface area contributed by atoms with Gasteiger partial charge in [0, 0.05) is 17.8 Å². The number of aryl methyl sites for hydroxylation is 1. The van der Waals surface area contributed by atoms with Gasteiger partial charge in [0.05, 0.1) is 6.61 Å². The Balaban J connectivity index is 2.45. The zero-order valence-electron chi connectivity index (χ0n) is 9.77. The second-order valence-electron chi connectivity index (χ2n) is 3.61. The molecule has 0 saturated heterocycles. The highest BCUT2D eigenvalue weighted by Crippen LogP contribution is 2.22. The molecule has 0 radical (unpaired) electrons. The van der Waals surface area contributed by atoms with Gasteiger partial charge in [-0.15, -0.1) is 0 Å². The highest BCUT2D eigenvalue weighted by molar-refractivity contribution is 5.60. The van der Waals surface area contributed by atoms with Crippen molar-refractivity contribution in [3.63, 3.8) is 0 Å². The lowest BCUT2D eigenvalue weighted by Gasteiger charge is -2.06. The minimum Gasteiger partial charge on any atom is -0.478 e. The Bertz CT molecular complexity index is 529. The Morgan fingerprint density at radius 3 is 2.88 bits per heavy atom. The predicted octanol–water partition coefficient (Wildman–Crippen LogP) is 2.99. The molecule has 0 N–H and O–H groups in total. The molecule has 17 heavy (non-hydrogen) atoms. The molecular weight excluding hydrogens is 219 g/mol. The summed E-state index contributed by atoms with van der Waals surface area (Å²) in [6.45, 7) is 4.32. The van der Waals surface area contributed by atoms with E-state index in [-0.39, 0.29) is 5.82 Å². The number of benzene rings is 1. The molecule has 0 aliphatic heterocycles. The van der Waals surface area contributed by atoms with Gasteiger partial charge < -0.3 is 4.74 Å². The van der Waals surface area contributed by atoms with Crippen molar-refractivity contribution in [1.29, 1.82) is 0 Å². The summed E-state index contributed by atoms with van der Waals surface area (Å²) in [5.74, 6) is 0.685. The third kappa shape index (κ3) is 2.58. The summed E-state index contributed by atoms with van der Waals surface area (Å²) < 4.78 is 18.5. The van der Waals surface area contributed by atoms with E-state index in [9.17, 15) is 4.39 Å². The van der Waals surface area contributed by atoms with Gasteiger partial charge in [0.15, 0.2) is 5.82 Å². The van der Waals surface area contributed by atoms with Gasteiger partial charge >= 0.3 is 0 Å². The average molecular weight is 232 g/mol. The van der Waals surface area contributed by atoms with Crippen LogP contribution < -0.4 is 4.74 Å². The molecule has 0 unspecified atom stereocenters. The van der Waals surface area contributed by atoms with Crippen LogP contribution in [0.3, 0.4) is 0 Å². The first kappa shape index (κ1) is 11.5. The van der Waals surface area contributed by atoms with Crippen molar-refractivity contribution in [1.82, 2.24) is 9.97 Å². The Morgan fingerprint density at radius 2 is 2.12 bits per heavy atom. The van der Waals surface area contributed by atoms with E-state index >= 15 is 0 Å². The summed E-state index contributed by atoms with van der Waals surface area (Å²) in [6, 6.07) is 6.24. The van der Waals surface area contributed by atoms with Crippen LogP contribution in [0.4, 0.5) is 4.39 Å². The fourth-order valence-corrected chi connectivity index (χ4v) is 1.54. The Hall–Kier alpha value is -1.97. The van der Waals surface area contributed by atoms with Gasteiger partial charge in [-0.25, -0.2) is 9.37 Å². The summed E-state index contributed by atoms with van der Waals surface area (Å²) in [4.78, 5) is 8.37. The molecule has 0 saturated carbocycles. The van der Waals surface area contributed by atoms with Crippen LogP contribution in [0, 0.1) is 12.7 Å². The molecule has 0 spiro atoms. The first-order valence-electron chi connectivity index (χ1n) is 5.43. The molecule has 0 atom stereocenters. The normalized spacial score (nSPS) is 10.3. The Morgan fingerprint density at radius 1 is 1.29 bits per heavy atom. The molecule has 0 aliphatic rings. The lowest BCUT2D eigenvalue weighted by molar-refractivity contribution is 0.326. The van der Waals surface area contributed by atoms with Gasteiger partial charge in [-0.05, 0) is 31.5 Å². The van der Waals surface area contributed by atoms with Gasteiger partial charge in [-0.2, -0.15) is 4.98 Å². The van der Waals surface area contributed by atoms with E-state index in [2.05, 4.69) is 9.97 Å². The zero-order chi connectivity index (χ0) is 12.3. The smallest absolute Gasteiger partial charge is 0.216 e. The van der Waals surface area contributed by atoms with Gasteiger partial charge in [0.2, 0.25) is 5.88 Å². The van der Waals surface area contributed by atoms with Crippen LogP contribution in [0.5, 0.6) is 5.88 Å². The van der Waals surface area contributed by atoms with Crippen LogP contribution in [-0.2, 0) is 0 Å². The molecule has 1 heterocycles. The molecule has 4 heteroatoms. The topological polar surface area (TPSA) is 35.0 Å². The van der Waals surface area contributed by atoms with Crippen LogP contribution in [0.2, 0.25) is 0 Å². The van der Waals surface area contributed by atoms with Gasteiger partial charge in [0.25, 0.3) is 0 Å². The number of aromatic nitrogens is 2. The van der Waals surface area contributed by atoms with E-state index in [1.165, 1.54) is 12.1 Å². The van der Waals surface area contributed by atoms with Crippen LogP contribution in [0.15, 0.2) is 30.5 Å². The summed E-state index contributed by atoms with van der Waals surface area (Å²) in [6.07, 6.45) is 1.61. The lowest BCUT2D eigenvalue weighted by Crippen LogP contribution is -1.98. The Kier molecular flexibility index (Phi) is 3.32. The largest absolute Gasteiger partial charge is 0.478 e. The van der Waals surface area contributed by atoms with Crippen LogP contribution in [-0.4, -0.2) is 16.6 Å². The number of hydrogen-bond donors (Lipinski definition) is 0. The average Bonchev–Trinajstić information content (AvgIpc) is 2.33.